The van der Waals surface area contributed by atoms with Crippen LogP contribution < -0.4 is 10.3 Å². The predicted octanol–water partition coefficient (Wildman–Crippen LogP) is 1.11. The summed E-state index contributed by atoms with van der Waals surface area (Å²) in [6.07, 6.45) is 1.46. The van der Waals surface area contributed by atoms with E-state index in [0.29, 0.717) is 18.8 Å². The van der Waals surface area contributed by atoms with Gasteiger partial charge in [0.05, 0.1) is 18.0 Å². The molecule has 1 heterocycles. The van der Waals surface area contributed by atoms with Gasteiger partial charge in [-0.05, 0) is 12.0 Å². The number of halogens is 1. The first-order chi connectivity index (χ1) is 9.38. The monoisotopic (exact) mass is 322 g/mol. The summed E-state index contributed by atoms with van der Waals surface area (Å²) in [7, 11) is -1.94. The maximum Gasteiger partial charge on any atom is 0.250 e. The number of rotatable bonds is 8. The van der Waals surface area contributed by atoms with Crippen molar-refractivity contribution in [2.75, 3.05) is 30.1 Å². The van der Waals surface area contributed by atoms with Crippen molar-refractivity contribution in [3.63, 3.8) is 0 Å². The van der Waals surface area contributed by atoms with Crippen LogP contribution in [0.4, 0.5) is 5.69 Å². The number of anilines is 1. The van der Waals surface area contributed by atoms with Gasteiger partial charge in [0.25, 0.3) is 5.56 Å². The Bertz CT molecular complexity index is 585. The molecule has 0 aromatic carbocycles. The van der Waals surface area contributed by atoms with Crippen molar-refractivity contribution in [2.24, 2.45) is 5.92 Å². The molecule has 0 spiro atoms. The van der Waals surface area contributed by atoms with E-state index in [4.69, 9.17) is 16.3 Å². The molecule has 6 nitrogen and oxygen atoms in total. The minimum absolute atomic E-state index is 0.0618. The predicted molar refractivity (Wildman–Crippen MR) is 79.9 cm³/mol. The second kappa shape index (κ2) is 7.66. The number of ether oxygens (including phenoxy) is 1. The number of nitrogens with zero attached hydrogens (tertiary/aromatic N) is 1. The van der Waals surface area contributed by atoms with Gasteiger partial charge in [-0.3, -0.25) is 9.52 Å². The Morgan fingerprint density at radius 3 is 2.75 bits per heavy atom. The molecule has 1 rings (SSSR count). The molecule has 0 radical (unpaired) electrons. The second-order valence-electron chi connectivity index (χ2n) is 4.59. The Morgan fingerprint density at radius 2 is 2.15 bits per heavy atom. The largest absolute Gasteiger partial charge is 0.383 e. The summed E-state index contributed by atoms with van der Waals surface area (Å²) in [5.74, 6) is 0.0654. The van der Waals surface area contributed by atoms with Crippen molar-refractivity contribution in [3.8, 4) is 0 Å². The van der Waals surface area contributed by atoms with Gasteiger partial charge in [-0.25, -0.2) is 8.42 Å². The van der Waals surface area contributed by atoms with Gasteiger partial charge in [-0.15, -0.1) is 11.6 Å². The quantitative estimate of drug-likeness (QED) is 0.727. The molecule has 0 saturated heterocycles. The highest BCUT2D eigenvalue weighted by Gasteiger charge is 2.15. The van der Waals surface area contributed by atoms with Gasteiger partial charge >= 0.3 is 0 Å². The van der Waals surface area contributed by atoms with Gasteiger partial charge in [0, 0.05) is 31.8 Å². The summed E-state index contributed by atoms with van der Waals surface area (Å²) in [4.78, 5) is 11.6. The van der Waals surface area contributed by atoms with Crippen molar-refractivity contribution in [3.05, 3.63) is 28.7 Å². The highest BCUT2D eigenvalue weighted by atomic mass is 35.5. The standard InChI is InChI=1S/C12H19ClN2O4S/c1-10(7-13)9-20(17,18)14-11-3-4-12(16)15(8-11)5-6-19-2/h3-4,8,10,14H,5-7,9H2,1-2H3. The Kier molecular flexibility index (Phi) is 6.51. The van der Waals surface area contributed by atoms with Gasteiger partial charge in [0.2, 0.25) is 10.0 Å². The van der Waals surface area contributed by atoms with Gasteiger partial charge < -0.3 is 9.30 Å². The number of alkyl halides is 1. The number of methoxy groups -OCH3 is 1. The van der Waals surface area contributed by atoms with Gasteiger partial charge in [-0.2, -0.15) is 0 Å². The fourth-order valence-corrected chi connectivity index (χ4v) is 3.27. The number of sulfonamides is 1. The second-order valence-corrected chi connectivity index (χ2v) is 6.66. The third-order valence-electron chi connectivity index (χ3n) is 2.56. The van der Waals surface area contributed by atoms with Gasteiger partial charge in [-0.1, -0.05) is 6.92 Å². The molecule has 20 heavy (non-hydrogen) atoms. The zero-order valence-electron chi connectivity index (χ0n) is 11.5. The fourth-order valence-electron chi connectivity index (χ4n) is 1.60. The van der Waals surface area contributed by atoms with Crippen molar-refractivity contribution in [1.82, 2.24) is 4.57 Å². The maximum absolute atomic E-state index is 11.9. The van der Waals surface area contributed by atoms with E-state index in [1.807, 2.05) is 0 Å². The first kappa shape index (κ1) is 17.0. The highest BCUT2D eigenvalue weighted by Crippen LogP contribution is 2.10. The molecule has 0 fully saturated rings. The molecule has 0 aliphatic rings. The highest BCUT2D eigenvalue weighted by molar-refractivity contribution is 7.92. The summed E-state index contributed by atoms with van der Waals surface area (Å²) in [5.41, 5.74) is 0.140. The average molecular weight is 323 g/mol. The van der Waals surface area contributed by atoms with Crippen LogP contribution in [0, 0.1) is 5.92 Å². The molecule has 114 valence electrons. The number of hydrogen-bond donors (Lipinski definition) is 1. The van der Waals surface area contributed by atoms with Gasteiger partial charge in [0.15, 0.2) is 0 Å². The summed E-state index contributed by atoms with van der Waals surface area (Å²) < 4.78 is 32.5. The zero-order valence-corrected chi connectivity index (χ0v) is 13.1. The van der Waals surface area contributed by atoms with E-state index in [2.05, 4.69) is 4.72 Å². The third-order valence-corrected chi connectivity index (χ3v) is 4.64. The Balaban J connectivity index is 2.85. The van der Waals surface area contributed by atoms with Crippen LogP contribution in [-0.2, 0) is 21.3 Å². The number of aromatic nitrogens is 1. The smallest absolute Gasteiger partial charge is 0.250 e. The van der Waals surface area contributed by atoms with Crippen LogP contribution in [0.25, 0.3) is 0 Å². The lowest BCUT2D eigenvalue weighted by atomic mass is 10.3. The summed E-state index contributed by atoms with van der Waals surface area (Å²) in [6.45, 7) is 2.49. The number of nitrogens with one attached hydrogen (secondary N) is 1. The van der Waals surface area contributed by atoms with Crippen LogP contribution in [0.5, 0.6) is 0 Å². The Hall–Kier alpha value is -1.05. The first-order valence-electron chi connectivity index (χ1n) is 6.14. The molecule has 1 aromatic heterocycles. The number of pyridine rings is 1. The maximum atomic E-state index is 11.9. The molecule has 0 aliphatic heterocycles. The Morgan fingerprint density at radius 1 is 1.45 bits per heavy atom. The van der Waals surface area contributed by atoms with Gasteiger partial charge in [0.1, 0.15) is 0 Å². The summed E-state index contributed by atoms with van der Waals surface area (Å²) in [6, 6.07) is 2.76. The molecule has 0 aliphatic carbocycles. The van der Waals surface area contributed by atoms with E-state index in [0.717, 1.165) is 0 Å². The van der Waals surface area contributed by atoms with E-state index in [1.165, 1.54) is 30.0 Å². The van der Waals surface area contributed by atoms with E-state index >= 15 is 0 Å². The summed E-state index contributed by atoms with van der Waals surface area (Å²) >= 11 is 5.61. The van der Waals surface area contributed by atoms with Crippen molar-refractivity contribution in [1.29, 1.82) is 0 Å². The zero-order chi connectivity index (χ0) is 15.2. The SMILES string of the molecule is COCCn1cc(NS(=O)(=O)CC(C)CCl)ccc1=O. The fraction of sp³-hybridized carbons (Fsp3) is 0.583. The van der Waals surface area contributed by atoms with Crippen LogP contribution in [0.15, 0.2) is 23.1 Å². The molecule has 1 aromatic rings. The normalized spacial score (nSPS) is 13.2. The lowest BCUT2D eigenvalue weighted by Crippen LogP contribution is -2.25. The molecule has 0 amide bonds. The molecule has 1 atom stereocenters. The lowest BCUT2D eigenvalue weighted by Gasteiger charge is -2.12. The van der Waals surface area contributed by atoms with E-state index < -0.39 is 10.0 Å². The minimum atomic E-state index is -3.48. The average Bonchev–Trinajstić information content (AvgIpc) is 2.38. The lowest BCUT2D eigenvalue weighted by molar-refractivity contribution is 0.186. The molecule has 0 bridgehead atoms. The third kappa shape index (κ3) is 5.52. The Labute approximate surface area is 123 Å². The van der Waals surface area contributed by atoms with Crippen molar-refractivity contribution in [2.45, 2.75) is 13.5 Å². The molecule has 8 heteroatoms. The summed E-state index contributed by atoms with van der Waals surface area (Å²) in [5, 5.41) is 0. The molecular weight excluding hydrogens is 304 g/mol. The molecule has 1 unspecified atom stereocenters. The molecule has 0 saturated carbocycles. The molecule has 1 N–H and O–H groups in total. The van der Waals surface area contributed by atoms with Crippen LogP contribution in [-0.4, -0.2) is 38.3 Å². The van der Waals surface area contributed by atoms with E-state index in [-0.39, 0.29) is 23.1 Å². The number of hydrogen-bond acceptors (Lipinski definition) is 4. The van der Waals surface area contributed by atoms with Crippen molar-refractivity contribution < 1.29 is 13.2 Å². The van der Waals surface area contributed by atoms with Crippen LogP contribution in [0.1, 0.15) is 6.92 Å². The van der Waals surface area contributed by atoms with Crippen LogP contribution in [0.3, 0.4) is 0 Å². The van der Waals surface area contributed by atoms with E-state index in [9.17, 15) is 13.2 Å². The van der Waals surface area contributed by atoms with E-state index in [1.54, 1.807) is 6.92 Å². The van der Waals surface area contributed by atoms with Crippen molar-refractivity contribution >= 4 is 27.3 Å². The molecular formula is C12H19ClN2O4S. The first-order valence-corrected chi connectivity index (χ1v) is 8.32. The van der Waals surface area contributed by atoms with Crippen LogP contribution >= 0.6 is 11.6 Å². The van der Waals surface area contributed by atoms with Crippen LogP contribution in [0.2, 0.25) is 0 Å². The minimum Gasteiger partial charge on any atom is -0.383 e. The topological polar surface area (TPSA) is 77.4 Å².